The van der Waals surface area contributed by atoms with Gasteiger partial charge in [-0.1, -0.05) is 23.3 Å². The molecule has 0 amide bonds. The second-order valence-electron chi connectivity index (χ2n) is 4.38. The lowest BCUT2D eigenvalue weighted by Gasteiger charge is -2.07. The van der Waals surface area contributed by atoms with Crippen LogP contribution in [0.2, 0.25) is 0 Å². The topological polar surface area (TPSA) is 55.6 Å². The van der Waals surface area contributed by atoms with Crippen molar-refractivity contribution in [3.05, 3.63) is 65.7 Å². The summed E-state index contributed by atoms with van der Waals surface area (Å²) in [6.45, 7) is 0.210. The van der Waals surface area contributed by atoms with E-state index in [-0.39, 0.29) is 6.54 Å². The van der Waals surface area contributed by atoms with Gasteiger partial charge in [0.1, 0.15) is 11.6 Å². The van der Waals surface area contributed by atoms with Crippen LogP contribution in [0.25, 0.3) is 5.69 Å². The Morgan fingerprint density at radius 3 is 2.43 bits per heavy atom. The van der Waals surface area contributed by atoms with Gasteiger partial charge < -0.3 is 5.32 Å². The molecule has 1 aromatic heterocycles. The minimum absolute atomic E-state index is 0.210. The molecule has 0 saturated carbocycles. The number of nitrogens with zero attached hydrogens (tertiary/aromatic N) is 4. The summed E-state index contributed by atoms with van der Waals surface area (Å²) < 4.78 is 27.8. The molecular weight excluding hydrogens is 276 g/mol. The quantitative estimate of drug-likeness (QED) is 0.801. The molecule has 0 atom stereocenters. The van der Waals surface area contributed by atoms with Crippen LogP contribution in [-0.4, -0.2) is 20.2 Å². The van der Waals surface area contributed by atoms with Gasteiger partial charge in [-0.05, 0) is 40.3 Å². The van der Waals surface area contributed by atoms with Gasteiger partial charge >= 0.3 is 0 Å². The largest absolute Gasteiger partial charge is 0.349 e. The minimum atomic E-state index is -0.616. The second-order valence-corrected chi connectivity index (χ2v) is 4.38. The molecule has 3 aromatic rings. The van der Waals surface area contributed by atoms with Crippen LogP contribution in [-0.2, 0) is 6.54 Å². The highest BCUT2D eigenvalue weighted by Crippen LogP contribution is 2.13. The highest BCUT2D eigenvalue weighted by atomic mass is 19.1. The Balaban J connectivity index is 1.79. The number of tetrazole rings is 1. The van der Waals surface area contributed by atoms with Gasteiger partial charge in [-0.25, -0.2) is 8.78 Å². The van der Waals surface area contributed by atoms with Crippen molar-refractivity contribution in [1.29, 1.82) is 0 Å². The fourth-order valence-corrected chi connectivity index (χ4v) is 1.93. The Hall–Kier alpha value is -2.83. The van der Waals surface area contributed by atoms with E-state index in [4.69, 9.17) is 0 Å². The third kappa shape index (κ3) is 3.02. The van der Waals surface area contributed by atoms with Crippen molar-refractivity contribution >= 4 is 5.95 Å². The third-order valence-electron chi connectivity index (χ3n) is 2.84. The van der Waals surface area contributed by atoms with Crippen molar-refractivity contribution in [3.8, 4) is 5.69 Å². The normalized spacial score (nSPS) is 10.6. The number of anilines is 1. The maximum absolute atomic E-state index is 13.1. The lowest BCUT2D eigenvalue weighted by molar-refractivity contribution is 0.580. The van der Waals surface area contributed by atoms with E-state index in [9.17, 15) is 8.78 Å². The highest BCUT2D eigenvalue weighted by Gasteiger charge is 2.08. The second kappa shape index (κ2) is 5.66. The van der Waals surface area contributed by atoms with E-state index in [0.717, 1.165) is 11.8 Å². The van der Waals surface area contributed by atoms with Crippen LogP contribution >= 0.6 is 0 Å². The fourth-order valence-electron chi connectivity index (χ4n) is 1.93. The number of para-hydroxylation sites is 1. The van der Waals surface area contributed by atoms with Crippen LogP contribution in [0, 0.1) is 11.6 Å². The molecule has 3 rings (SSSR count). The molecule has 0 aliphatic heterocycles. The van der Waals surface area contributed by atoms with E-state index in [1.165, 1.54) is 16.8 Å². The Morgan fingerprint density at radius 1 is 1.00 bits per heavy atom. The van der Waals surface area contributed by atoms with Gasteiger partial charge in [-0.2, -0.15) is 4.68 Å². The minimum Gasteiger partial charge on any atom is -0.349 e. The van der Waals surface area contributed by atoms with Crippen molar-refractivity contribution in [2.45, 2.75) is 6.54 Å². The van der Waals surface area contributed by atoms with Crippen LogP contribution in [0.15, 0.2) is 48.5 Å². The molecule has 0 spiro atoms. The number of nitrogens with one attached hydrogen (secondary N) is 1. The molecule has 0 unspecified atom stereocenters. The summed E-state index contributed by atoms with van der Waals surface area (Å²) in [5, 5.41) is 14.3. The monoisotopic (exact) mass is 287 g/mol. The zero-order chi connectivity index (χ0) is 14.7. The Bertz CT molecular complexity index is 722. The lowest BCUT2D eigenvalue weighted by Crippen LogP contribution is -2.07. The first-order valence-corrected chi connectivity index (χ1v) is 6.25. The predicted molar refractivity (Wildman–Crippen MR) is 72.8 cm³/mol. The molecule has 106 valence electrons. The number of rotatable bonds is 4. The molecule has 21 heavy (non-hydrogen) atoms. The summed E-state index contributed by atoms with van der Waals surface area (Å²) in [6.07, 6.45) is 0. The molecule has 0 bridgehead atoms. The van der Waals surface area contributed by atoms with Crippen LogP contribution in [0.5, 0.6) is 0 Å². The first-order chi connectivity index (χ1) is 10.2. The lowest BCUT2D eigenvalue weighted by atomic mass is 10.2. The van der Waals surface area contributed by atoms with E-state index in [1.54, 1.807) is 0 Å². The molecule has 0 aliphatic rings. The van der Waals surface area contributed by atoms with Gasteiger partial charge in [0.2, 0.25) is 5.95 Å². The molecule has 5 nitrogen and oxygen atoms in total. The van der Waals surface area contributed by atoms with Crippen molar-refractivity contribution in [2.75, 3.05) is 5.32 Å². The summed E-state index contributed by atoms with van der Waals surface area (Å²) in [7, 11) is 0. The summed E-state index contributed by atoms with van der Waals surface area (Å²) in [6, 6.07) is 12.7. The van der Waals surface area contributed by atoms with Gasteiger partial charge in [0.05, 0.1) is 5.69 Å². The molecule has 0 fully saturated rings. The van der Waals surface area contributed by atoms with Crippen LogP contribution in [0.4, 0.5) is 14.7 Å². The van der Waals surface area contributed by atoms with Gasteiger partial charge in [-0.3, -0.25) is 0 Å². The molecular formula is C14H11F2N5. The summed E-state index contributed by atoms with van der Waals surface area (Å²) in [5.41, 5.74) is 1.26. The van der Waals surface area contributed by atoms with Gasteiger partial charge in [0, 0.05) is 12.6 Å². The summed E-state index contributed by atoms with van der Waals surface area (Å²) in [5.74, 6) is -0.838. The SMILES string of the molecule is Fc1cc(F)cc(CNc2nnnn2-c2ccccc2)c1. The van der Waals surface area contributed by atoms with Crippen molar-refractivity contribution in [1.82, 2.24) is 20.2 Å². The summed E-state index contributed by atoms with van der Waals surface area (Å²) >= 11 is 0. The number of aromatic nitrogens is 4. The smallest absolute Gasteiger partial charge is 0.248 e. The van der Waals surface area contributed by atoms with E-state index < -0.39 is 11.6 Å². The maximum Gasteiger partial charge on any atom is 0.248 e. The highest BCUT2D eigenvalue weighted by molar-refractivity contribution is 5.38. The number of hydrogen-bond donors (Lipinski definition) is 1. The zero-order valence-electron chi connectivity index (χ0n) is 10.9. The third-order valence-corrected chi connectivity index (χ3v) is 2.84. The first kappa shape index (κ1) is 13.2. The average molecular weight is 287 g/mol. The Labute approximate surface area is 119 Å². The van der Waals surface area contributed by atoms with Crippen LogP contribution < -0.4 is 5.32 Å². The predicted octanol–water partition coefficient (Wildman–Crippen LogP) is 2.55. The standard InChI is InChI=1S/C14H11F2N5/c15-11-6-10(7-12(16)8-11)9-17-14-18-19-20-21(14)13-4-2-1-3-5-13/h1-8H,9H2,(H,17,18,20). The number of halogens is 2. The van der Waals surface area contributed by atoms with Crippen molar-refractivity contribution in [3.63, 3.8) is 0 Å². The number of benzene rings is 2. The van der Waals surface area contributed by atoms with Crippen LogP contribution in [0.3, 0.4) is 0 Å². The van der Waals surface area contributed by atoms with Gasteiger partial charge in [0.25, 0.3) is 0 Å². The number of hydrogen-bond acceptors (Lipinski definition) is 4. The van der Waals surface area contributed by atoms with E-state index >= 15 is 0 Å². The Morgan fingerprint density at radius 2 is 1.71 bits per heavy atom. The van der Waals surface area contributed by atoms with Gasteiger partial charge in [-0.15, -0.1) is 0 Å². The van der Waals surface area contributed by atoms with E-state index in [0.29, 0.717) is 11.5 Å². The Kier molecular flexibility index (Phi) is 3.55. The first-order valence-electron chi connectivity index (χ1n) is 6.25. The van der Waals surface area contributed by atoms with Gasteiger partial charge in [0.15, 0.2) is 0 Å². The molecule has 0 saturated heterocycles. The van der Waals surface area contributed by atoms with E-state index in [2.05, 4.69) is 20.8 Å². The fraction of sp³-hybridized carbons (Fsp3) is 0.0714. The van der Waals surface area contributed by atoms with Crippen molar-refractivity contribution in [2.24, 2.45) is 0 Å². The van der Waals surface area contributed by atoms with Crippen LogP contribution in [0.1, 0.15) is 5.56 Å². The molecule has 7 heteroatoms. The zero-order valence-corrected chi connectivity index (χ0v) is 10.9. The average Bonchev–Trinajstić information content (AvgIpc) is 2.93. The molecule has 2 aromatic carbocycles. The molecule has 1 N–H and O–H groups in total. The van der Waals surface area contributed by atoms with E-state index in [1.807, 2.05) is 30.3 Å². The maximum atomic E-state index is 13.1. The van der Waals surface area contributed by atoms with Crippen molar-refractivity contribution < 1.29 is 8.78 Å². The molecule has 0 radical (unpaired) electrons. The molecule has 0 aliphatic carbocycles. The molecule has 1 heterocycles. The summed E-state index contributed by atoms with van der Waals surface area (Å²) in [4.78, 5) is 0.